The van der Waals surface area contributed by atoms with E-state index in [1.54, 1.807) is 0 Å². The molecule has 0 bridgehead atoms. The smallest absolute Gasteiger partial charge is 0.321 e. The van der Waals surface area contributed by atoms with Gasteiger partial charge in [-0.05, 0) is 42.8 Å². The van der Waals surface area contributed by atoms with Crippen LogP contribution in [0.5, 0.6) is 0 Å². The fraction of sp³-hybridized carbons (Fsp3) is 0.545. The summed E-state index contributed by atoms with van der Waals surface area (Å²) in [5.74, 6) is 0.0313. The minimum atomic E-state index is -0.552. The van der Waals surface area contributed by atoms with Crippen molar-refractivity contribution in [2.24, 2.45) is 5.92 Å². The Kier molecular flexibility index (Phi) is 3.93. The maximum Gasteiger partial charge on any atom is 0.321 e. The first kappa shape index (κ1) is 12.6. The Balaban J connectivity index is 1.84. The van der Waals surface area contributed by atoms with E-state index in [4.69, 9.17) is 0 Å². The molecule has 1 aromatic heterocycles. The van der Waals surface area contributed by atoms with Gasteiger partial charge in [-0.1, -0.05) is 0 Å². The quantitative estimate of drug-likeness (QED) is 0.541. The molecule has 1 aromatic rings. The van der Waals surface area contributed by atoms with E-state index in [0.717, 1.165) is 25.9 Å². The summed E-state index contributed by atoms with van der Waals surface area (Å²) in [5.41, 5.74) is 0.232. The van der Waals surface area contributed by atoms with Gasteiger partial charge in [0.2, 0.25) is 0 Å². The Morgan fingerprint density at radius 1 is 1.44 bits per heavy atom. The molecule has 1 aliphatic heterocycles. The van der Waals surface area contributed by atoms with Gasteiger partial charge in [-0.25, -0.2) is 4.98 Å². The van der Waals surface area contributed by atoms with Gasteiger partial charge in [-0.2, -0.15) is 0 Å². The van der Waals surface area contributed by atoms with Crippen molar-refractivity contribution in [1.29, 1.82) is 0 Å². The Morgan fingerprint density at radius 2 is 2.17 bits per heavy atom. The van der Waals surface area contributed by atoms with Crippen LogP contribution in [-0.4, -0.2) is 35.4 Å². The molecular formula is C11H16N4O3. The number of nitrogens with one attached hydrogen (secondary N) is 3. The van der Waals surface area contributed by atoms with Crippen LogP contribution in [0.4, 0.5) is 5.82 Å². The van der Waals surface area contributed by atoms with Gasteiger partial charge in [0.15, 0.2) is 5.69 Å². The van der Waals surface area contributed by atoms with Crippen LogP contribution in [0.2, 0.25) is 0 Å². The summed E-state index contributed by atoms with van der Waals surface area (Å²) in [6.45, 7) is 2.58. The standard InChI is InChI=1S/C11H16N4O3/c16-11(9-1-2-10(14-9)15(17)18)13-7-8-3-5-12-6-4-8/h1-2,8,12,14H,3-7H2,(H,13,16). The van der Waals surface area contributed by atoms with Gasteiger partial charge in [-0.15, -0.1) is 0 Å². The number of hydrogen-bond acceptors (Lipinski definition) is 4. The molecule has 0 saturated carbocycles. The minimum absolute atomic E-state index is 0.165. The molecule has 0 aromatic carbocycles. The van der Waals surface area contributed by atoms with E-state index in [0.29, 0.717) is 12.5 Å². The number of H-pyrrole nitrogens is 1. The van der Waals surface area contributed by atoms with Crippen molar-refractivity contribution in [1.82, 2.24) is 15.6 Å². The van der Waals surface area contributed by atoms with E-state index in [1.165, 1.54) is 12.1 Å². The van der Waals surface area contributed by atoms with E-state index >= 15 is 0 Å². The summed E-state index contributed by atoms with van der Waals surface area (Å²) in [7, 11) is 0. The highest BCUT2D eigenvalue weighted by Gasteiger charge is 2.18. The summed E-state index contributed by atoms with van der Waals surface area (Å²) in [6, 6.07) is 2.72. The molecule has 1 saturated heterocycles. The summed E-state index contributed by atoms with van der Waals surface area (Å²) in [6.07, 6.45) is 2.09. The Morgan fingerprint density at radius 3 is 2.78 bits per heavy atom. The predicted molar refractivity (Wildman–Crippen MR) is 65.4 cm³/mol. The van der Waals surface area contributed by atoms with Crippen LogP contribution in [0.25, 0.3) is 0 Å². The molecule has 1 amide bonds. The first-order chi connectivity index (χ1) is 8.66. The largest absolute Gasteiger partial charge is 0.358 e. The highest BCUT2D eigenvalue weighted by Crippen LogP contribution is 2.12. The number of carbonyl (C=O) groups is 1. The molecule has 1 aliphatic rings. The molecule has 0 atom stereocenters. The summed E-state index contributed by atoms with van der Waals surface area (Å²) < 4.78 is 0. The van der Waals surface area contributed by atoms with Crippen LogP contribution in [-0.2, 0) is 0 Å². The molecule has 2 rings (SSSR count). The number of amides is 1. The van der Waals surface area contributed by atoms with Gasteiger partial charge in [0.1, 0.15) is 0 Å². The first-order valence-electron chi connectivity index (χ1n) is 5.99. The number of piperidine rings is 1. The highest BCUT2D eigenvalue weighted by molar-refractivity contribution is 5.92. The summed E-state index contributed by atoms with van der Waals surface area (Å²) >= 11 is 0. The Hall–Kier alpha value is -1.89. The van der Waals surface area contributed by atoms with E-state index < -0.39 is 4.92 Å². The highest BCUT2D eigenvalue weighted by atomic mass is 16.6. The van der Waals surface area contributed by atoms with Gasteiger partial charge in [0.05, 0.1) is 0 Å². The minimum Gasteiger partial charge on any atom is -0.358 e. The van der Waals surface area contributed by atoms with Crippen LogP contribution in [0, 0.1) is 16.0 Å². The number of hydrogen-bond donors (Lipinski definition) is 3. The van der Waals surface area contributed by atoms with Crippen molar-refractivity contribution in [3.05, 3.63) is 27.9 Å². The van der Waals surface area contributed by atoms with Crippen molar-refractivity contribution >= 4 is 11.7 Å². The number of aromatic nitrogens is 1. The fourth-order valence-electron chi connectivity index (χ4n) is 2.04. The molecule has 7 nitrogen and oxygen atoms in total. The average Bonchev–Trinajstić information content (AvgIpc) is 2.87. The zero-order valence-corrected chi connectivity index (χ0v) is 9.94. The maximum absolute atomic E-state index is 11.7. The normalized spacial score (nSPS) is 16.4. The van der Waals surface area contributed by atoms with Crippen molar-refractivity contribution in [2.45, 2.75) is 12.8 Å². The number of rotatable bonds is 4. The van der Waals surface area contributed by atoms with Gasteiger partial charge in [0.25, 0.3) is 5.91 Å². The SMILES string of the molecule is O=C(NCC1CCNCC1)c1ccc([N+](=O)[O-])[nH]1. The van der Waals surface area contributed by atoms with Crippen molar-refractivity contribution in [3.63, 3.8) is 0 Å². The van der Waals surface area contributed by atoms with Crippen LogP contribution < -0.4 is 10.6 Å². The van der Waals surface area contributed by atoms with Gasteiger partial charge < -0.3 is 20.7 Å². The molecule has 0 spiro atoms. The second kappa shape index (κ2) is 5.63. The molecule has 3 N–H and O–H groups in total. The lowest BCUT2D eigenvalue weighted by atomic mass is 9.98. The second-order valence-electron chi connectivity index (χ2n) is 4.42. The van der Waals surface area contributed by atoms with Crippen LogP contribution in [0.1, 0.15) is 23.3 Å². The number of aromatic amines is 1. The average molecular weight is 252 g/mol. The van der Waals surface area contributed by atoms with Crippen molar-refractivity contribution in [2.75, 3.05) is 19.6 Å². The lowest BCUT2D eigenvalue weighted by Gasteiger charge is -2.22. The molecular weight excluding hydrogens is 236 g/mol. The van der Waals surface area contributed by atoms with E-state index in [9.17, 15) is 14.9 Å². The van der Waals surface area contributed by atoms with Crippen LogP contribution in [0.3, 0.4) is 0 Å². The topological polar surface area (TPSA) is 100 Å². The Labute approximate surface area is 104 Å². The van der Waals surface area contributed by atoms with Crippen LogP contribution >= 0.6 is 0 Å². The third kappa shape index (κ3) is 3.07. The molecule has 98 valence electrons. The van der Waals surface area contributed by atoms with Crippen molar-refractivity contribution < 1.29 is 9.72 Å². The second-order valence-corrected chi connectivity index (χ2v) is 4.42. The molecule has 0 aliphatic carbocycles. The molecule has 2 heterocycles. The summed E-state index contributed by atoms with van der Waals surface area (Å²) in [4.78, 5) is 24.1. The maximum atomic E-state index is 11.7. The van der Waals surface area contributed by atoms with E-state index in [1.807, 2.05) is 0 Å². The zero-order chi connectivity index (χ0) is 13.0. The summed E-state index contributed by atoms with van der Waals surface area (Å²) in [5, 5.41) is 16.5. The monoisotopic (exact) mass is 252 g/mol. The van der Waals surface area contributed by atoms with E-state index in [-0.39, 0.29) is 17.4 Å². The number of carbonyl (C=O) groups excluding carboxylic acids is 1. The van der Waals surface area contributed by atoms with Gasteiger partial charge in [0, 0.05) is 12.6 Å². The number of nitrogens with zero attached hydrogens (tertiary/aromatic N) is 1. The van der Waals surface area contributed by atoms with Crippen LogP contribution in [0.15, 0.2) is 12.1 Å². The van der Waals surface area contributed by atoms with Gasteiger partial charge in [-0.3, -0.25) is 4.79 Å². The third-order valence-corrected chi connectivity index (χ3v) is 3.12. The van der Waals surface area contributed by atoms with Gasteiger partial charge >= 0.3 is 5.82 Å². The number of nitro groups is 1. The predicted octanol–water partition coefficient (Wildman–Crippen LogP) is 0.652. The van der Waals surface area contributed by atoms with Crippen molar-refractivity contribution in [3.8, 4) is 0 Å². The lowest BCUT2D eigenvalue weighted by molar-refractivity contribution is -0.389. The molecule has 18 heavy (non-hydrogen) atoms. The molecule has 7 heteroatoms. The molecule has 0 radical (unpaired) electrons. The fourth-order valence-corrected chi connectivity index (χ4v) is 2.04. The lowest BCUT2D eigenvalue weighted by Crippen LogP contribution is -2.36. The molecule has 1 fully saturated rings. The zero-order valence-electron chi connectivity index (χ0n) is 9.94. The molecule has 0 unspecified atom stereocenters. The van der Waals surface area contributed by atoms with E-state index in [2.05, 4.69) is 15.6 Å². The third-order valence-electron chi connectivity index (χ3n) is 3.12. The Bertz CT molecular complexity index is 437. The first-order valence-corrected chi connectivity index (χ1v) is 5.99.